The van der Waals surface area contributed by atoms with Gasteiger partial charge in [-0.3, -0.25) is 0 Å². The van der Waals surface area contributed by atoms with Crippen LogP contribution < -0.4 is 0 Å². The molecule has 0 saturated carbocycles. The highest BCUT2D eigenvalue weighted by molar-refractivity contribution is 6.80. The maximum Gasteiger partial charge on any atom is 0.331 e. The molecule has 0 spiro atoms. The van der Waals surface area contributed by atoms with Gasteiger partial charge in [-0.2, -0.15) is 0 Å². The molecule has 26 heavy (non-hydrogen) atoms. The molecule has 0 aliphatic rings. The number of carboxylic acids is 1. The van der Waals surface area contributed by atoms with Crippen LogP contribution >= 0.6 is 0 Å². The van der Waals surface area contributed by atoms with Gasteiger partial charge in [0.15, 0.2) is 8.32 Å². The van der Waals surface area contributed by atoms with Crippen LogP contribution in [0.2, 0.25) is 23.7 Å². The van der Waals surface area contributed by atoms with Crippen molar-refractivity contribution in [1.29, 1.82) is 0 Å². The quantitative estimate of drug-likeness (QED) is 0.314. The number of carboxylic acid groups (broad SMARTS) is 1. The number of hydrogen-bond acceptors (Lipinski definition) is 5. The van der Waals surface area contributed by atoms with E-state index >= 15 is 0 Å². The monoisotopic (exact) mass is 420 g/mol. The molecule has 0 bridgehead atoms. The van der Waals surface area contributed by atoms with Crippen LogP contribution in [0.4, 0.5) is 0 Å². The molecule has 0 aromatic carbocycles. The number of aliphatic carboxylic acids is 1. The second-order valence-electron chi connectivity index (χ2n) is 8.09. The molecule has 6 nitrogen and oxygen atoms in total. The zero-order chi connectivity index (χ0) is 20.5. The average Bonchev–Trinajstić information content (AvgIpc) is 2.53. The fourth-order valence-electron chi connectivity index (χ4n) is 2.46. The summed E-state index contributed by atoms with van der Waals surface area (Å²) in [5.41, 5.74) is 0. The molecule has 0 radical (unpaired) electrons. The molecule has 0 aliphatic heterocycles. The van der Waals surface area contributed by atoms with Gasteiger partial charge in [-0.25, -0.2) is 9.59 Å². The second kappa shape index (κ2) is 11.2. The number of esters is 1. The van der Waals surface area contributed by atoms with Gasteiger partial charge in [0.05, 0.1) is 0 Å². The molecule has 3 atom stereocenters. The summed E-state index contributed by atoms with van der Waals surface area (Å²) < 4.78 is 17.8. The number of carbonyl (C=O) groups excluding carboxylic acids is 1. The lowest BCUT2D eigenvalue weighted by atomic mass is 10.1. The third-order valence-corrected chi connectivity index (χ3v) is 15.5. The summed E-state index contributed by atoms with van der Waals surface area (Å²) >= 11 is 0. The van der Waals surface area contributed by atoms with E-state index in [1.807, 2.05) is 13.8 Å². The molecule has 0 fully saturated rings. The van der Waals surface area contributed by atoms with Crippen LogP contribution in [-0.2, 0) is 22.6 Å². The van der Waals surface area contributed by atoms with E-state index in [-0.39, 0.29) is 17.1 Å². The van der Waals surface area contributed by atoms with Gasteiger partial charge >= 0.3 is 11.9 Å². The summed E-state index contributed by atoms with van der Waals surface area (Å²) in [5.74, 6) is -1.66. The Morgan fingerprint density at radius 1 is 1.27 bits per heavy atom. The molecular weight excluding hydrogens is 384 g/mol. The zero-order valence-electron chi connectivity index (χ0n) is 17.5. The fraction of sp³-hybridized carbons (Fsp3) is 0.765. The zero-order valence-corrected chi connectivity index (χ0v) is 21.7. The number of carbonyl (C=O) groups is 2. The number of rotatable bonds is 11. The first-order valence-corrected chi connectivity index (χ1v) is 14.4. The van der Waals surface area contributed by atoms with Crippen LogP contribution in [0.5, 0.6) is 0 Å². The summed E-state index contributed by atoms with van der Waals surface area (Å²) in [6, 6.07) is 1.81. The van der Waals surface area contributed by atoms with E-state index in [2.05, 4.69) is 34.2 Å². The molecule has 0 amide bonds. The van der Waals surface area contributed by atoms with E-state index in [0.717, 1.165) is 24.2 Å². The summed E-state index contributed by atoms with van der Waals surface area (Å²) in [5, 5.41) is 8.73. The standard InChI is InChI=1S/C17H36O6Si3/c1-8-26(7,17(4,5)6)23-25(22-24)12-11-14(13(2)3)21-16(20)10-9-15(18)19/h9-10,13-14,25H,8,11-12H2,1-7,24H3,(H,18,19)/b10-9+. The van der Waals surface area contributed by atoms with Crippen LogP contribution in [0, 0.1) is 5.92 Å². The van der Waals surface area contributed by atoms with Gasteiger partial charge in [-0.1, -0.05) is 41.5 Å². The average molecular weight is 421 g/mol. The van der Waals surface area contributed by atoms with Crippen molar-refractivity contribution in [3.63, 3.8) is 0 Å². The second-order valence-corrected chi connectivity index (χ2v) is 17.0. The van der Waals surface area contributed by atoms with Gasteiger partial charge in [0.2, 0.25) is 0 Å². The minimum absolute atomic E-state index is 0.137. The summed E-state index contributed by atoms with van der Waals surface area (Å²) in [7, 11) is -3.07. The van der Waals surface area contributed by atoms with Gasteiger partial charge in [-0.15, -0.1) is 0 Å². The first-order valence-electron chi connectivity index (χ1n) is 9.18. The summed E-state index contributed by atoms with van der Waals surface area (Å²) in [6.07, 6.45) is 2.14. The van der Waals surface area contributed by atoms with Crippen molar-refractivity contribution in [3.05, 3.63) is 12.2 Å². The molecule has 0 aromatic heterocycles. The third kappa shape index (κ3) is 8.76. The molecule has 0 aromatic rings. The maximum atomic E-state index is 11.8. The van der Waals surface area contributed by atoms with Crippen molar-refractivity contribution in [2.24, 2.45) is 5.92 Å². The Bertz CT molecular complexity index is 489. The smallest absolute Gasteiger partial charge is 0.331 e. The highest BCUT2D eigenvalue weighted by Crippen LogP contribution is 2.40. The van der Waals surface area contributed by atoms with Crippen molar-refractivity contribution < 1.29 is 27.7 Å². The van der Waals surface area contributed by atoms with E-state index in [1.165, 1.54) is 0 Å². The van der Waals surface area contributed by atoms with E-state index < -0.39 is 29.5 Å². The van der Waals surface area contributed by atoms with Crippen molar-refractivity contribution >= 4 is 40.0 Å². The summed E-state index contributed by atoms with van der Waals surface area (Å²) in [6.45, 7) is 15.1. The Hall–Kier alpha value is -0.749. The van der Waals surface area contributed by atoms with Crippen molar-refractivity contribution in [1.82, 2.24) is 0 Å². The number of hydrogen-bond donors (Lipinski definition) is 1. The molecule has 0 aliphatic carbocycles. The predicted octanol–water partition coefficient (Wildman–Crippen LogP) is 2.51. The van der Waals surface area contributed by atoms with Gasteiger partial charge in [0.25, 0.3) is 9.28 Å². The van der Waals surface area contributed by atoms with Crippen LogP contribution in [0.3, 0.4) is 0 Å². The lowest BCUT2D eigenvalue weighted by Gasteiger charge is -2.41. The maximum absolute atomic E-state index is 11.8. The summed E-state index contributed by atoms with van der Waals surface area (Å²) in [4.78, 5) is 22.3. The molecule has 0 rings (SSSR count). The molecular formula is C17H36O6Si3. The highest BCUT2D eigenvalue weighted by atomic mass is 28.4. The largest absolute Gasteiger partial charge is 0.478 e. The van der Waals surface area contributed by atoms with Crippen LogP contribution in [-0.4, -0.2) is 51.2 Å². The highest BCUT2D eigenvalue weighted by Gasteiger charge is 2.42. The van der Waals surface area contributed by atoms with Gasteiger partial charge in [0, 0.05) is 12.2 Å². The minimum Gasteiger partial charge on any atom is -0.478 e. The lowest BCUT2D eigenvalue weighted by Crippen LogP contribution is -2.48. The molecule has 9 heteroatoms. The first-order chi connectivity index (χ1) is 11.9. The Morgan fingerprint density at radius 3 is 2.23 bits per heavy atom. The Kier molecular flexibility index (Phi) is 10.9. The van der Waals surface area contributed by atoms with E-state index in [4.69, 9.17) is 18.1 Å². The van der Waals surface area contributed by atoms with Crippen LogP contribution in [0.25, 0.3) is 0 Å². The van der Waals surface area contributed by atoms with E-state index in [9.17, 15) is 9.59 Å². The van der Waals surface area contributed by atoms with Crippen molar-refractivity contribution in [3.8, 4) is 0 Å². The molecule has 0 heterocycles. The van der Waals surface area contributed by atoms with Crippen molar-refractivity contribution in [2.75, 3.05) is 0 Å². The third-order valence-electron chi connectivity index (χ3n) is 4.98. The Labute approximate surface area is 163 Å². The SMILES string of the molecule is CC[Si](C)(O[SiH](CCC(OC(=O)/C=C/C(=O)O)C(C)C)O[SiH3])C(C)(C)C. The van der Waals surface area contributed by atoms with Crippen LogP contribution in [0.15, 0.2) is 12.2 Å². The van der Waals surface area contributed by atoms with Crippen molar-refractivity contribution in [2.45, 2.75) is 77.7 Å². The normalized spacial score (nSPS) is 17.2. The first kappa shape index (κ1) is 25.3. The Morgan fingerprint density at radius 2 is 1.85 bits per heavy atom. The molecule has 1 N–H and O–H groups in total. The molecule has 0 saturated heterocycles. The Balaban J connectivity index is 4.88. The van der Waals surface area contributed by atoms with Gasteiger partial charge in [0.1, 0.15) is 16.6 Å². The van der Waals surface area contributed by atoms with Gasteiger partial charge < -0.3 is 18.1 Å². The predicted molar refractivity (Wildman–Crippen MR) is 112 cm³/mol. The van der Waals surface area contributed by atoms with Crippen LogP contribution in [0.1, 0.15) is 48.0 Å². The topological polar surface area (TPSA) is 82.1 Å². The lowest BCUT2D eigenvalue weighted by molar-refractivity contribution is -0.145. The molecule has 3 unspecified atom stereocenters. The van der Waals surface area contributed by atoms with E-state index in [1.54, 1.807) is 0 Å². The minimum atomic E-state index is -1.89. The molecule has 152 valence electrons. The number of ether oxygens (including phenoxy) is 1. The fourth-order valence-corrected chi connectivity index (χ4v) is 11.2. The van der Waals surface area contributed by atoms with Gasteiger partial charge in [-0.05, 0) is 36.0 Å². The van der Waals surface area contributed by atoms with E-state index in [0.29, 0.717) is 16.9 Å².